The zero-order chi connectivity index (χ0) is 16.0. The Morgan fingerprint density at radius 1 is 1.19 bits per heavy atom. The van der Waals surface area contributed by atoms with E-state index >= 15 is 0 Å². The Morgan fingerprint density at radius 3 is 2.24 bits per heavy atom. The third-order valence-electron chi connectivity index (χ3n) is 2.74. The quantitative estimate of drug-likeness (QED) is 0.742. The fourth-order valence-electron chi connectivity index (χ4n) is 1.71. The van der Waals surface area contributed by atoms with Crippen molar-refractivity contribution >= 4 is 11.9 Å². The van der Waals surface area contributed by atoms with Gasteiger partial charge in [0.1, 0.15) is 5.75 Å². The highest BCUT2D eigenvalue weighted by Crippen LogP contribution is 2.19. The molecule has 0 bridgehead atoms. The maximum absolute atomic E-state index is 12.0. The van der Waals surface area contributed by atoms with E-state index in [-0.39, 0.29) is 11.8 Å². The Kier molecular flexibility index (Phi) is 6.04. The second-order valence-electron chi connectivity index (χ2n) is 4.41. The number of amides is 3. The number of carbonyl (C=O) groups excluding carboxylic acids is 2. The molecule has 1 aromatic carbocycles. The molecule has 8 heteroatoms. The maximum atomic E-state index is 12.0. The van der Waals surface area contributed by atoms with Crippen LogP contribution >= 0.6 is 0 Å². The SMILES string of the molecule is C[C@H](N[C@H](C)C(=O)NC(N)=O)c1ccc(OC(F)F)cc1. The highest BCUT2D eigenvalue weighted by atomic mass is 19.3. The lowest BCUT2D eigenvalue weighted by Gasteiger charge is -2.19. The second-order valence-corrected chi connectivity index (χ2v) is 4.41. The molecule has 0 spiro atoms. The number of benzene rings is 1. The van der Waals surface area contributed by atoms with Gasteiger partial charge in [-0.15, -0.1) is 0 Å². The van der Waals surface area contributed by atoms with Gasteiger partial charge in [0, 0.05) is 6.04 Å². The van der Waals surface area contributed by atoms with Gasteiger partial charge in [0.15, 0.2) is 0 Å². The number of halogens is 2. The van der Waals surface area contributed by atoms with Crippen LogP contribution in [0.3, 0.4) is 0 Å². The monoisotopic (exact) mass is 301 g/mol. The minimum Gasteiger partial charge on any atom is -0.435 e. The van der Waals surface area contributed by atoms with Gasteiger partial charge >= 0.3 is 12.6 Å². The van der Waals surface area contributed by atoms with Gasteiger partial charge in [-0.1, -0.05) is 12.1 Å². The molecular formula is C13H17F2N3O3. The van der Waals surface area contributed by atoms with Crippen LogP contribution in [-0.2, 0) is 4.79 Å². The van der Waals surface area contributed by atoms with Crippen LogP contribution in [0.15, 0.2) is 24.3 Å². The topological polar surface area (TPSA) is 93.5 Å². The number of carbonyl (C=O) groups is 2. The number of nitrogens with two attached hydrogens (primary N) is 1. The second kappa shape index (κ2) is 7.53. The van der Waals surface area contributed by atoms with Gasteiger partial charge in [-0.2, -0.15) is 8.78 Å². The first-order valence-electron chi connectivity index (χ1n) is 6.20. The van der Waals surface area contributed by atoms with E-state index in [1.165, 1.54) is 12.1 Å². The third-order valence-corrected chi connectivity index (χ3v) is 2.74. The first-order chi connectivity index (χ1) is 9.79. The molecule has 0 saturated carbocycles. The highest BCUT2D eigenvalue weighted by Gasteiger charge is 2.17. The number of rotatable bonds is 6. The first-order valence-corrected chi connectivity index (χ1v) is 6.20. The number of hydrogen-bond acceptors (Lipinski definition) is 4. The van der Waals surface area contributed by atoms with Gasteiger partial charge in [0.2, 0.25) is 5.91 Å². The predicted octanol–water partition coefficient (Wildman–Crippen LogP) is 1.52. The Balaban J connectivity index is 2.60. The molecule has 3 amide bonds. The van der Waals surface area contributed by atoms with Crippen molar-refractivity contribution in [2.24, 2.45) is 5.73 Å². The highest BCUT2D eigenvalue weighted by molar-refractivity contribution is 5.96. The fourth-order valence-corrected chi connectivity index (χ4v) is 1.71. The van der Waals surface area contributed by atoms with E-state index in [2.05, 4.69) is 10.1 Å². The summed E-state index contributed by atoms with van der Waals surface area (Å²) in [5, 5.41) is 4.92. The van der Waals surface area contributed by atoms with E-state index < -0.39 is 24.6 Å². The van der Waals surface area contributed by atoms with E-state index in [0.29, 0.717) is 0 Å². The summed E-state index contributed by atoms with van der Waals surface area (Å²) in [5.74, 6) is -0.493. The van der Waals surface area contributed by atoms with E-state index in [4.69, 9.17) is 5.73 Å². The van der Waals surface area contributed by atoms with Crippen molar-refractivity contribution in [2.75, 3.05) is 0 Å². The van der Waals surface area contributed by atoms with Crippen LogP contribution in [0.4, 0.5) is 13.6 Å². The number of alkyl halides is 2. The summed E-state index contributed by atoms with van der Waals surface area (Å²) in [5.41, 5.74) is 5.63. The molecule has 0 heterocycles. The summed E-state index contributed by atoms with van der Waals surface area (Å²) >= 11 is 0. The zero-order valence-electron chi connectivity index (χ0n) is 11.6. The summed E-state index contributed by atoms with van der Waals surface area (Å²) in [7, 11) is 0. The van der Waals surface area contributed by atoms with E-state index in [9.17, 15) is 18.4 Å². The molecule has 0 unspecified atom stereocenters. The van der Waals surface area contributed by atoms with Crippen LogP contribution in [0, 0.1) is 0 Å². The van der Waals surface area contributed by atoms with Crippen LogP contribution in [0.1, 0.15) is 25.5 Å². The Bertz CT molecular complexity index is 494. The normalized spacial score (nSPS) is 13.6. The van der Waals surface area contributed by atoms with Crippen LogP contribution in [0.5, 0.6) is 5.75 Å². The van der Waals surface area contributed by atoms with Crippen LogP contribution < -0.4 is 21.1 Å². The lowest BCUT2D eigenvalue weighted by atomic mass is 10.1. The number of urea groups is 1. The molecule has 0 aliphatic heterocycles. The van der Waals surface area contributed by atoms with Crippen molar-refractivity contribution in [3.8, 4) is 5.75 Å². The fraction of sp³-hybridized carbons (Fsp3) is 0.385. The molecule has 1 aromatic rings. The van der Waals surface area contributed by atoms with Gasteiger partial charge in [0.05, 0.1) is 6.04 Å². The standard InChI is InChI=1S/C13H17F2N3O3/c1-7(17-8(2)11(19)18-13(16)20)9-3-5-10(6-4-9)21-12(14)15/h3-8,12,17H,1-2H3,(H3,16,18,19,20)/t7-,8+/m0/s1. The summed E-state index contributed by atoms with van der Waals surface area (Å²) in [6.45, 7) is 0.490. The van der Waals surface area contributed by atoms with Crippen molar-refractivity contribution in [3.63, 3.8) is 0 Å². The zero-order valence-corrected chi connectivity index (χ0v) is 11.6. The largest absolute Gasteiger partial charge is 0.435 e. The molecule has 0 fully saturated rings. The summed E-state index contributed by atoms with van der Waals surface area (Å²) in [6.07, 6.45) is 0. The molecule has 2 atom stereocenters. The van der Waals surface area contributed by atoms with Crippen molar-refractivity contribution in [1.29, 1.82) is 0 Å². The third kappa shape index (κ3) is 5.74. The molecule has 116 valence electrons. The van der Waals surface area contributed by atoms with Crippen LogP contribution in [0.25, 0.3) is 0 Å². The van der Waals surface area contributed by atoms with E-state index in [0.717, 1.165) is 5.56 Å². The smallest absolute Gasteiger partial charge is 0.387 e. The molecular weight excluding hydrogens is 284 g/mol. The number of primary amides is 1. The van der Waals surface area contributed by atoms with E-state index in [1.807, 2.05) is 5.32 Å². The van der Waals surface area contributed by atoms with Crippen LogP contribution in [-0.4, -0.2) is 24.6 Å². The van der Waals surface area contributed by atoms with Crippen molar-refractivity contribution in [1.82, 2.24) is 10.6 Å². The van der Waals surface area contributed by atoms with Crippen molar-refractivity contribution in [3.05, 3.63) is 29.8 Å². The van der Waals surface area contributed by atoms with Gasteiger partial charge in [-0.3, -0.25) is 15.4 Å². The summed E-state index contributed by atoms with van der Waals surface area (Å²) < 4.78 is 28.3. The minimum absolute atomic E-state index is 0.0560. The Labute approximate surface area is 120 Å². The molecule has 6 nitrogen and oxygen atoms in total. The number of imide groups is 1. The van der Waals surface area contributed by atoms with Crippen molar-refractivity contribution < 1.29 is 23.1 Å². The molecule has 4 N–H and O–H groups in total. The molecule has 0 aliphatic rings. The van der Waals surface area contributed by atoms with Crippen molar-refractivity contribution in [2.45, 2.75) is 32.5 Å². The minimum atomic E-state index is -2.87. The molecule has 21 heavy (non-hydrogen) atoms. The molecule has 0 aromatic heterocycles. The maximum Gasteiger partial charge on any atom is 0.387 e. The molecule has 0 aliphatic carbocycles. The Hall–Kier alpha value is -2.22. The first kappa shape index (κ1) is 16.8. The average Bonchev–Trinajstić information content (AvgIpc) is 2.37. The average molecular weight is 301 g/mol. The predicted molar refractivity (Wildman–Crippen MR) is 71.8 cm³/mol. The summed E-state index contributed by atoms with van der Waals surface area (Å²) in [6, 6.07) is 4.22. The van der Waals surface area contributed by atoms with Gasteiger partial charge in [-0.25, -0.2) is 4.79 Å². The van der Waals surface area contributed by atoms with Gasteiger partial charge in [0.25, 0.3) is 0 Å². The van der Waals surface area contributed by atoms with E-state index in [1.54, 1.807) is 26.0 Å². The van der Waals surface area contributed by atoms with Crippen LogP contribution in [0.2, 0.25) is 0 Å². The summed E-state index contributed by atoms with van der Waals surface area (Å²) in [4.78, 5) is 22.1. The van der Waals surface area contributed by atoms with Gasteiger partial charge in [-0.05, 0) is 31.5 Å². The Morgan fingerprint density at radius 2 is 1.76 bits per heavy atom. The molecule has 0 saturated heterocycles. The number of nitrogens with one attached hydrogen (secondary N) is 2. The lowest BCUT2D eigenvalue weighted by Crippen LogP contribution is -2.47. The number of ether oxygens (including phenoxy) is 1. The molecule has 0 radical (unpaired) electrons. The molecule has 1 rings (SSSR count). The van der Waals surface area contributed by atoms with Gasteiger partial charge < -0.3 is 10.5 Å². The lowest BCUT2D eigenvalue weighted by molar-refractivity contribution is -0.121. The number of hydrogen-bond donors (Lipinski definition) is 3.